The van der Waals surface area contributed by atoms with Gasteiger partial charge in [0, 0.05) is 0 Å². The van der Waals surface area contributed by atoms with E-state index in [4.69, 9.17) is 11.5 Å². The SMILES string of the molecule is CCCC(N)Nc1nc(N)nc2c(Br)n[nH]c12. The highest BCUT2D eigenvalue weighted by molar-refractivity contribution is 9.10. The van der Waals surface area contributed by atoms with E-state index in [1.807, 2.05) is 0 Å². The summed E-state index contributed by atoms with van der Waals surface area (Å²) in [5, 5.41) is 9.93. The van der Waals surface area contributed by atoms with E-state index in [1.165, 1.54) is 0 Å². The number of rotatable bonds is 4. The molecule has 0 aliphatic heterocycles. The quantitative estimate of drug-likeness (QED) is 0.630. The fourth-order valence-corrected chi connectivity index (χ4v) is 1.93. The molecule has 8 heteroatoms. The zero-order chi connectivity index (χ0) is 12.4. The Morgan fingerprint density at radius 1 is 1.47 bits per heavy atom. The molecule has 1 atom stereocenters. The molecule has 6 N–H and O–H groups in total. The summed E-state index contributed by atoms with van der Waals surface area (Å²) in [7, 11) is 0. The van der Waals surface area contributed by atoms with Gasteiger partial charge < -0.3 is 16.8 Å². The Hall–Kier alpha value is -1.41. The summed E-state index contributed by atoms with van der Waals surface area (Å²) in [6.45, 7) is 2.07. The Morgan fingerprint density at radius 2 is 2.24 bits per heavy atom. The van der Waals surface area contributed by atoms with Crippen molar-refractivity contribution in [3.63, 3.8) is 0 Å². The Morgan fingerprint density at radius 3 is 2.94 bits per heavy atom. The zero-order valence-corrected chi connectivity index (χ0v) is 11.0. The summed E-state index contributed by atoms with van der Waals surface area (Å²) in [6, 6.07) is 0. The topological polar surface area (TPSA) is 119 Å². The molecule has 0 aliphatic rings. The van der Waals surface area contributed by atoms with E-state index < -0.39 is 0 Å². The summed E-state index contributed by atoms with van der Waals surface area (Å²) >= 11 is 3.28. The fourth-order valence-electron chi connectivity index (χ4n) is 1.55. The third kappa shape index (κ3) is 2.47. The van der Waals surface area contributed by atoms with Crippen molar-refractivity contribution in [3.8, 4) is 0 Å². The van der Waals surface area contributed by atoms with Gasteiger partial charge in [0.1, 0.15) is 11.0 Å². The number of aromatic amines is 1. The van der Waals surface area contributed by atoms with Gasteiger partial charge in [-0.3, -0.25) is 5.10 Å². The highest BCUT2D eigenvalue weighted by Gasteiger charge is 2.13. The Bertz CT molecular complexity index is 523. The van der Waals surface area contributed by atoms with Gasteiger partial charge in [-0.15, -0.1) is 0 Å². The van der Waals surface area contributed by atoms with Crippen LogP contribution in [0.5, 0.6) is 0 Å². The van der Waals surface area contributed by atoms with Gasteiger partial charge in [0.2, 0.25) is 5.95 Å². The molecule has 2 aromatic rings. The van der Waals surface area contributed by atoms with Crippen LogP contribution in [0.2, 0.25) is 0 Å². The van der Waals surface area contributed by atoms with Crippen LogP contribution in [0.4, 0.5) is 11.8 Å². The molecule has 0 saturated carbocycles. The monoisotopic (exact) mass is 299 g/mol. The normalized spacial score (nSPS) is 12.9. The van der Waals surface area contributed by atoms with E-state index in [-0.39, 0.29) is 12.1 Å². The second-order valence-electron chi connectivity index (χ2n) is 3.71. The van der Waals surface area contributed by atoms with Gasteiger partial charge in [0.25, 0.3) is 0 Å². The van der Waals surface area contributed by atoms with E-state index in [0.29, 0.717) is 21.5 Å². The lowest BCUT2D eigenvalue weighted by Gasteiger charge is -2.13. The van der Waals surface area contributed by atoms with Crippen LogP contribution in [0.15, 0.2) is 4.60 Å². The second-order valence-corrected chi connectivity index (χ2v) is 4.46. The Kier molecular flexibility index (Phi) is 3.43. The molecule has 0 aliphatic carbocycles. The summed E-state index contributed by atoms with van der Waals surface area (Å²) in [4.78, 5) is 8.21. The molecule has 0 amide bonds. The minimum atomic E-state index is -0.167. The number of nitrogens with two attached hydrogens (primary N) is 2. The molecule has 0 bridgehead atoms. The van der Waals surface area contributed by atoms with E-state index >= 15 is 0 Å². The predicted molar refractivity (Wildman–Crippen MR) is 70.3 cm³/mol. The number of hydrogen-bond acceptors (Lipinski definition) is 6. The number of anilines is 2. The highest BCUT2D eigenvalue weighted by atomic mass is 79.9. The van der Waals surface area contributed by atoms with Gasteiger partial charge in [-0.05, 0) is 22.4 Å². The molecule has 17 heavy (non-hydrogen) atoms. The molecule has 1 unspecified atom stereocenters. The number of halogens is 1. The van der Waals surface area contributed by atoms with Crippen LogP contribution in [0.25, 0.3) is 11.0 Å². The first-order valence-corrected chi connectivity index (χ1v) is 6.10. The lowest BCUT2D eigenvalue weighted by molar-refractivity contribution is 0.663. The first-order valence-electron chi connectivity index (χ1n) is 5.31. The first-order chi connectivity index (χ1) is 8.11. The molecule has 0 saturated heterocycles. The zero-order valence-electron chi connectivity index (χ0n) is 9.37. The molecule has 7 nitrogen and oxygen atoms in total. The highest BCUT2D eigenvalue weighted by Crippen LogP contribution is 2.24. The number of hydrogen-bond donors (Lipinski definition) is 4. The molecule has 2 heterocycles. The van der Waals surface area contributed by atoms with E-state index in [1.54, 1.807) is 0 Å². The van der Waals surface area contributed by atoms with Crippen LogP contribution in [0.3, 0.4) is 0 Å². The smallest absolute Gasteiger partial charge is 0.222 e. The summed E-state index contributed by atoms with van der Waals surface area (Å²) < 4.78 is 0.605. The number of H-pyrrole nitrogens is 1. The minimum absolute atomic E-state index is 0.167. The third-order valence-electron chi connectivity index (χ3n) is 2.31. The average Bonchev–Trinajstić information content (AvgIpc) is 2.61. The lowest BCUT2D eigenvalue weighted by Crippen LogP contribution is -2.29. The molecule has 0 aromatic carbocycles. The van der Waals surface area contributed by atoms with E-state index in [2.05, 4.69) is 48.3 Å². The fraction of sp³-hybridized carbons (Fsp3) is 0.444. The maximum Gasteiger partial charge on any atom is 0.222 e. The van der Waals surface area contributed by atoms with Crippen LogP contribution in [0.1, 0.15) is 19.8 Å². The van der Waals surface area contributed by atoms with Gasteiger partial charge >= 0.3 is 0 Å². The maximum atomic E-state index is 5.91. The van der Waals surface area contributed by atoms with Crippen molar-refractivity contribution >= 4 is 38.7 Å². The summed E-state index contributed by atoms with van der Waals surface area (Å²) in [6.07, 6.45) is 1.67. The number of aromatic nitrogens is 4. The van der Waals surface area contributed by atoms with Crippen LogP contribution < -0.4 is 16.8 Å². The van der Waals surface area contributed by atoms with Crippen molar-refractivity contribution < 1.29 is 0 Å². The van der Waals surface area contributed by atoms with Crippen molar-refractivity contribution in [1.82, 2.24) is 20.2 Å². The molecule has 2 rings (SSSR count). The second kappa shape index (κ2) is 4.84. The number of nitrogens with one attached hydrogen (secondary N) is 2. The molecule has 92 valence electrons. The largest absolute Gasteiger partial charge is 0.368 e. The third-order valence-corrected chi connectivity index (χ3v) is 2.86. The van der Waals surface area contributed by atoms with Crippen LogP contribution in [-0.2, 0) is 0 Å². The average molecular weight is 300 g/mol. The van der Waals surface area contributed by atoms with Crippen molar-refractivity contribution in [2.75, 3.05) is 11.1 Å². The summed E-state index contributed by atoms with van der Waals surface area (Å²) in [5.74, 6) is 0.762. The Balaban J connectivity index is 2.39. The van der Waals surface area contributed by atoms with Gasteiger partial charge in [-0.2, -0.15) is 10.1 Å². The van der Waals surface area contributed by atoms with Crippen molar-refractivity contribution in [2.45, 2.75) is 25.9 Å². The van der Waals surface area contributed by atoms with Crippen LogP contribution in [0, 0.1) is 0 Å². The molecular formula is C9H14BrN7. The first kappa shape index (κ1) is 12.1. The standard InChI is InChI=1S/C9H14BrN7/c1-2-3-4(11)13-8-6-5(7(10)17-16-6)14-9(12)15-8/h4H,2-3,11H2,1H3,(H,16,17)(H3,12,13,14,15). The molecule has 0 radical (unpaired) electrons. The number of fused-ring (bicyclic) bond motifs is 1. The van der Waals surface area contributed by atoms with Gasteiger partial charge in [0.05, 0.1) is 6.17 Å². The Labute approximate surface area is 107 Å². The molecular weight excluding hydrogens is 286 g/mol. The van der Waals surface area contributed by atoms with Crippen molar-refractivity contribution in [2.24, 2.45) is 5.73 Å². The van der Waals surface area contributed by atoms with E-state index in [0.717, 1.165) is 12.8 Å². The summed E-state index contributed by atoms with van der Waals surface area (Å²) in [5.41, 5.74) is 12.9. The van der Waals surface area contributed by atoms with Gasteiger partial charge in [-0.1, -0.05) is 13.3 Å². The van der Waals surface area contributed by atoms with Crippen LogP contribution >= 0.6 is 15.9 Å². The lowest BCUT2D eigenvalue weighted by atomic mass is 10.3. The molecule has 0 fully saturated rings. The van der Waals surface area contributed by atoms with E-state index in [9.17, 15) is 0 Å². The minimum Gasteiger partial charge on any atom is -0.368 e. The molecule has 0 spiro atoms. The molecule has 2 aromatic heterocycles. The van der Waals surface area contributed by atoms with Crippen molar-refractivity contribution in [3.05, 3.63) is 4.60 Å². The van der Waals surface area contributed by atoms with Gasteiger partial charge in [-0.25, -0.2) is 4.98 Å². The van der Waals surface area contributed by atoms with Crippen molar-refractivity contribution in [1.29, 1.82) is 0 Å². The predicted octanol–water partition coefficient (Wildman–Crippen LogP) is 1.19. The number of nitrogen functional groups attached to an aromatic ring is 1. The van der Waals surface area contributed by atoms with Gasteiger partial charge in [0.15, 0.2) is 10.4 Å². The maximum absolute atomic E-state index is 5.91. The van der Waals surface area contributed by atoms with Crippen LogP contribution in [-0.4, -0.2) is 26.3 Å². The number of nitrogens with zero attached hydrogens (tertiary/aromatic N) is 3.